The molecule has 4 aromatic rings. The Morgan fingerprint density at radius 1 is 1.00 bits per heavy atom. The molecule has 8 heteroatoms. The molecule has 1 saturated heterocycles. The molecule has 0 aliphatic carbocycles. The van der Waals surface area contributed by atoms with Gasteiger partial charge in [0.2, 0.25) is 11.8 Å². The van der Waals surface area contributed by atoms with Crippen LogP contribution in [-0.4, -0.2) is 57.5 Å². The first-order chi connectivity index (χ1) is 18.2. The Labute approximate surface area is 216 Å². The molecular weight excluding hydrogens is 466 g/mol. The highest BCUT2D eigenvalue weighted by atomic mass is 16.5. The van der Waals surface area contributed by atoms with Gasteiger partial charge in [0, 0.05) is 19.7 Å². The van der Waals surface area contributed by atoms with Gasteiger partial charge in [-0.15, -0.1) is 5.10 Å². The van der Waals surface area contributed by atoms with Crippen LogP contribution < -0.4 is 5.32 Å². The lowest BCUT2D eigenvalue weighted by atomic mass is 10.0. The Hall–Kier alpha value is -4.04. The number of benzene rings is 3. The lowest BCUT2D eigenvalue weighted by Gasteiger charge is -2.32. The summed E-state index contributed by atoms with van der Waals surface area (Å²) >= 11 is 0. The summed E-state index contributed by atoms with van der Waals surface area (Å²) in [4.78, 5) is 29.2. The van der Waals surface area contributed by atoms with Gasteiger partial charge in [0.05, 0.1) is 11.6 Å². The van der Waals surface area contributed by atoms with Crippen LogP contribution in [0.4, 0.5) is 0 Å². The van der Waals surface area contributed by atoms with Gasteiger partial charge in [0.15, 0.2) is 0 Å². The number of nitrogens with one attached hydrogen (secondary N) is 1. The van der Waals surface area contributed by atoms with Gasteiger partial charge in [0.25, 0.3) is 0 Å². The SMILES string of the molecule is O=C(NC[C@H]1CCCO1)[C@H](c1ccccc1)N(CCc1ccccc1)C(=O)Cn1nnc2ccccc21. The average Bonchev–Trinajstić information content (AvgIpc) is 3.61. The van der Waals surface area contributed by atoms with E-state index in [-0.39, 0.29) is 24.5 Å². The van der Waals surface area contributed by atoms with Crippen molar-refractivity contribution in [2.45, 2.75) is 38.0 Å². The molecule has 3 aromatic carbocycles. The van der Waals surface area contributed by atoms with E-state index in [4.69, 9.17) is 4.74 Å². The average molecular weight is 498 g/mol. The van der Waals surface area contributed by atoms with E-state index in [1.165, 1.54) is 0 Å². The van der Waals surface area contributed by atoms with Crippen molar-refractivity contribution in [2.24, 2.45) is 0 Å². The summed E-state index contributed by atoms with van der Waals surface area (Å²) in [5, 5.41) is 11.4. The van der Waals surface area contributed by atoms with E-state index in [9.17, 15) is 9.59 Å². The summed E-state index contributed by atoms with van der Waals surface area (Å²) in [7, 11) is 0. The predicted molar refractivity (Wildman–Crippen MR) is 141 cm³/mol. The molecule has 0 saturated carbocycles. The van der Waals surface area contributed by atoms with Crippen LogP contribution in [0.2, 0.25) is 0 Å². The fraction of sp³-hybridized carbons (Fsp3) is 0.310. The van der Waals surface area contributed by atoms with Crippen LogP contribution in [0.25, 0.3) is 11.0 Å². The number of carbonyl (C=O) groups excluding carboxylic acids is 2. The van der Waals surface area contributed by atoms with E-state index in [1.54, 1.807) is 9.58 Å². The Morgan fingerprint density at radius 2 is 1.73 bits per heavy atom. The summed E-state index contributed by atoms with van der Waals surface area (Å²) in [6.45, 7) is 1.51. The molecule has 0 bridgehead atoms. The number of amides is 2. The first kappa shape index (κ1) is 24.6. The number of aromatic nitrogens is 3. The van der Waals surface area contributed by atoms with Crippen molar-refractivity contribution in [3.05, 3.63) is 96.1 Å². The van der Waals surface area contributed by atoms with Gasteiger partial charge >= 0.3 is 0 Å². The van der Waals surface area contributed by atoms with Crippen LogP contribution >= 0.6 is 0 Å². The highest BCUT2D eigenvalue weighted by molar-refractivity contribution is 5.89. The third kappa shape index (κ3) is 6.03. The van der Waals surface area contributed by atoms with Crippen LogP contribution in [0.5, 0.6) is 0 Å². The maximum Gasteiger partial charge on any atom is 0.247 e. The number of carbonyl (C=O) groups is 2. The van der Waals surface area contributed by atoms with Gasteiger partial charge in [-0.3, -0.25) is 9.59 Å². The Bertz CT molecular complexity index is 1320. The van der Waals surface area contributed by atoms with Crippen molar-refractivity contribution in [2.75, 3.05) is 19.7 Å². The van der Waals surface area contributed by atoms with Gasteiger partial charge in [-0.1, -0.05) is 78.0 Å². The van der Waals surface area contributed by atoms with Crippen molar-refractivity contribution in [1.82, 2.24) is 25.2 Å². The van der Waals surface area contributed by atoms with Crippen LogP contribution in [0.3, 0.4) is 0 Å². The molecule has 1 N–H and O–H groups in total. The van der Waals surface area contributed by atoms with E-state index in [1.807, 2.05) is 84.9 Å². The van der Waals surface area contributed by atoms with Gasteiger partial charge in [-0.05, 0) is 42.5 Å². The van der Waals surface area contributed by atoms with Gasteiger partial charge in [-0.25, -0.2) is 4.68 Å². The molecule has 0 spiro atoms. The van der Waals surface area contributed by atoms with E-state index < -0.39 is 6.04 Å². The molecule has 5 rings (SSSR count). The number of hydrogen-bond acceptors (Lipinski definition) is 5. The van der Waals surface area contributed by atoms with E-state index >= 15 is 0 Å². The molecule has 2 atom stereocenters. The molecule has 1 aliphatic heterocycles. The second-order valence-corrected chi connectivity index (χ2v) is 9.25. The summed E-state index contributed by atoms with van der Waals surface area (Å²) in [5.74, 6) is -0.417. The molecule has 1 fully saturated rings. The Kier molecular flexibility index (Phi) is 7.86. The minimum atomic E-state index is -0.784. The zero-order chi connectivity index (χ0) is 25.5. The highest BCUT2D eigenvalue weighted by Crippen LogP contribution is 2.23. The lowest BCUT2D eigenvalue weighted by Crippen LogP contribution is -2.47. The fourth-order valence-corrected chi connectivity index (χ4v) is 4.77. The summed E-state index contributed by atoms with van der Waals surface area (Å²) in [5.41, 5.74) is 3.35. The number of nitrogens with zero attached hydrogens (tertiary/aromatic N) is 4. The molecule has 2 heterocycles. The Balaban J connectivity index is 1.44. The number of rotatable bonds is 10. The zero-order valence-corrected chi connectivity index (χ0v) is 20.7. The van der Waals surface area contributed by atoms with Gasteiger partial charge in [-0.2, -0.15) is 0 Å². The van der Waals surface area contributed by atoms with Crippen molar-refractivity contribution < 1.29 is 14.3 Å². The maximum atomic E-state index is 13.9. The molecule has 0 unspecified atom stereocenters. The Morgan fingerprint density at radius 3 is 2.49 bits per heavy atom. The number of fused-ring (bicyclic) bond motifs is 1. The number of ether oxygens (including phenoxy) is 1. The first-order valence-electron chi connectivity index (χ1n) is 12.7. The van der Waals surface area contributed by atoms with Crippen LogP contribution in [0.1, 0.15) is 30.0 Å². The fourth-order valence-electron chi connectivity index (χ4n) is 4.77. The van der Waals surface area contributed by atoms with Crippen molar-refractivity contribution >= 4 is 22.8 Å². The molecule has 37 heavy (non-hydrogen) atoms. The standard InChI is InChI=1S/C29H31N5O3/c35-27(21-34-26-16-8-7-15-25(26)31-32-34)33(18-17-22-10-3-1-4-11-22)28(23-12-5-2-6-13-23)29(36)30-20-24-14-9-19-37-24/h1-8,10-13,15-16,24,28H,9,14,17-21H2,(H,30,36)/t24-,28+/m1/s1. The quantitative estimate of drug-likeness (QED) is 0.362. The molecular formula is C29H31N5O3. The summed E-state index contributed by atoms with van der Waals surface area (Å²) in [6.07, 6.45) is 2.55. The van der Waals surface area contributed by atoms with Crippen LogP contribution in [0.15, 0.2) is 84.9 Å². The smallest absolute Gasteiger partial charge is 0.247 e. The molecule has 190 valence electrons. The molecule has 1 aromatic heterocycles. The third-order valence-electron chi connectivity index (χ3n) is 6.71. The predicted octanol–water partition coefficient (Wildman–Crippen LogP) is 3.54. The van der Waals surface area contributed by atoms with Crippen LogP contribution in [0, 0.1) is 0 Å². The van der Waals surface area contributed by atoms with E-state index in [2.05, 4.69) is 15.6 Å². The minimum absolute atomic E-state index is 0.00959. The molecule has 0 radical (unpaired) electrons. The van der Waals surface area contributed by atoms with Gasteiger partial charge < -0.3 is 15.0 Å². The largest absolute Gasteiger partial charge is 0.376 e. The second kappa shape index (κ2) is 11.8. The maximum absolute atomic E-state index is 13.9. The third-order valence-corrected chi connectivity index (χ3v) is 6.71. The first-order valence-corrected chi connectivity index (χ1v) is 12.7. The molecule has 2 amide bonds. The zero-order valence-electron chi connectivity index (χ0n) is 20.7. The number of hydrogen-bond donors (Lipinski definition) is 1. The molecule has 8 nitrogen and oxygen atoms in total. The molecule has 1 aliphatic rings. The van der Waals surface area contributed by atoms with Gasteiger partial charge in [0.1, 0.15) is 18.1 Å². The lowest BCUT2D eigenvalue weighted by molar-refractivity contribution is -0.141. The minimum Gasteiger partial charge on any atom is -0.376 e. The topological polar surface area (TPSA) is 89.4 Å². The normalized spacial score (nSPS) is 15.9. The van der Waals surface area contributed by atoms with E-state index in [0.717, 1.165) is 41.6 Å². The van der Waals surface area contributed by atoms with Crippen molar-refractivity contribution in [3.63, 3.8) is 0 Å². The number of para-hydroxylation sites is 1. The van der Waals surface area contributed by atoms with E-state index in [0.29, 0.717) is 19.5 Å². The monoisotopic (exact) mass is 497 g/mol. The summed E-state index contributed by atoms with van der Waals surface area (Å²) < 4.78 is 7.30. The van der Waals surface area contributed by atoms with Crippen molar-refractivity contribution in [3.8, 4) is 0 Å². The summed E-state index contributed by atoms with van der Waals surface area (Å²) in [6, 6.07) is 26.2. The van der Waals surface area contributed by atoms with Crippen LogP contribution in [-0.2, 0) is 27.3 Å². The van der Waals surface area contributed by atoms with Crippen molar-refractivity contribution in [1.29, 1.82) is 0 Å². The highest BCUT2D eigenvalue weighted by Gasteiger charge is 2.32. The second-order valence-electron chi connectivity index (χ2n) is 9.25.